The van der Waals surface area contributed by atoms with Crippen molar-refractivity contribution in [3.05, 3.63) is 29.6 Å². The first-order valence-electron chi connectivity index (χ1n) is 8.22. The fourth-order valence-electron chi connectivity index (χ4n) is 2.70. The number of halogens is 1. The lowest BCUT2D eigenvalue weighted by atomic mass is 10.1. The third kappa shape index (κ3) is 5.31. The lowest BCUT2D eigenvalue weighted by molar-refractivity contribution is 0.548. The summed E-state index contributed by atoms with van der Waals surface area (Å²) in [6.07, 6.45) is 2.51. The summed E-state index contributed by atoms with van der Waals surface area (Å²) in [6.45, 7) is 11.7. The summed E-state index contributed by atoms with van der Waals surface area (Å²) < 4.78 is 13.6. The summed E-state index contributed by atoms with van der Waals surface area (Å²) in [5, 5.41) is 3.51. The van der Waals surface area contributed by atoms with Gasteiger partial charge >= 0.3 is 0 Å². The van der Waals surface area contributed by atoms with Crippen molar-refractivity contribution in [1.82, 2.24) is 5.32 Å². The second-order valence-corrected chi connectivity index (χ2v) is 7.12. The molecular formula is C18H29FN2. The first-order valence-corrected chi connectivity index (χ1v) is 8.22. The van der Waals surface area contributed by atoms with Crippen LogP contribution in [0, 0.1) is 17.7 Å². The summed E-state index contributed by atoms with van der Waals surface area (Å²) in [5.74, 6) is 1.05. The van der Waals surface area contributed by atoms with Crippen molar-refractivity contribution in [2.75, 3.05) is 18.0 Å². The Morgan fingerprint density at radius 2 is 1.76 bits per heavy atom. The lowest BCUT2D eigenvalue weighted by Crippen LogP contribution is -2.32. The third-order valence-corrected chi connectivity index (χ3v) is 3.71. The molecule has 1 fully saturated rings. The van der Waals surface area contributed by atoms with E-state index in [9.17, 15) is 4.39 Å². The topological polar surface area (TPSA) is 15.3 Å². The van der Waals surface area contributed by atoms with E-state index in [-0.39, 0.29) is 5.82 Å². The van der Waals surface area contributed by atoms with Crippen LogP contribution in [-0.4, -0.2) is 19.1 Å². The van der Waals surface area contributed by atoms with Crippen LogP contribution in [0.3, 0.4) is 0 Å². The number of hydrogen-bond donors (Lipinski definition) is 1. The van der Waals surface area contributed by atoms with Gasteiger partial charge in [-0.25, -0.2) is 4.39 Å². The zero-order valence-electron chi connectivity index (χ0n) is 13.8. The molecule has 2 nitrogen and oxygen atoms in total. The standard InChI is InChI=1S/C18H29FN2/c1-13(2)11-21(12-14(3)4)18-8-5-16(19)9-15(18)10-20-17-6-7-17/h5,8-9,13-14,17,20H,6-7,10-12H2,1-4H3. The number of rotatable bonds is 8. The van der Waals surface area contributed by atoms with E-state index in [4.69, 9.17) is 0 Å². The smallest absolute Gasteiger partial charge is 0.123 e. The molecule has 0 bridgehead atoms. The highest BCUT2D eigenvalue weighted by Crippen LogP contribution is 2.26. The second-order valence-electron chi connectivity index (χ2n) is 7.12. The van der Waals surface area contributed by atoms with E-state index in [1.807, 2.05) is 6.07 Å². The predicted octanol–water partition coefficient (Wildman–Crippen LogP) is 4.20. The molecule has 0 radical (unpaired) electrons. The predicted molar refractivity (Wildman–Crippen MR) is 88.2 cm³/mol. The Morgan fingerprint density at radius 3 is 2.29 bits per heavy atom. The van der Waals surface area contributed by atoms with Crippen LogP contribution >= 0.6 is 0 Å². The SMILES string of the molecule is CC(C)CN(CC(C)C)c1ccc(F)cc1CNC1CC1. The van der Waals surface area contributed by atoms with E-state index >= 15 is 0 Å². The second kappa shape index (κ2) is 7.26. The van der Waals surface area contributed by atoms with E-state index in [1.54, 1.807) is 12.1 Å². The van der Waals surface area contributed by atoms with Crippen LogP contribution in [0.15, 0.2) is 18.2 Å². The van der Waals surface area contributed by atoms with Gasteiger partial charge in [-0.2, -0.15) is 0 Å². The van der Waals surface area contributed by atoms with Crippen LogP contribution in [0.5, 0.6) is 0 Å². The molecular weight excluding hydrogens is 263 g/mol. The van der Waals surface area contributed by atoms with E-state index in [0.717, 1.165) is 25.2 Å². The van der Waals surface area contributed by atoms with Gasteiger partial charge in [0.25, 0.3) is 0 Å². The first-order chi connectivity index (χ1) is 9.95. The zero-order chi connectivity index (χ0) is 15.4. The van der Waals surface area contributed by atoms with Gasteiger partial charge in [-0.1, -0.05) is 27.7 Å². The minimum absolute atomic E-state index is 0.139. The van der Waals surface area contributed by atoms with Gasteiger partial charge in [0.1, 0.15) is 5.82 Å². The molecule has 1 N–H and O–H groups in total. The molecule has 0 amide bonds. The third-order valence-electron chi connectivity index (χ3n) is 3.71. The van der Waals surface area contributed by atoms with Gasteiger partial charge in [0, 0.05) is 31.4 Å². The summed E-state index contributed by atoms with van der Waals surface area (Å²) >= 11 is 0. The minimum Gasteiger partial charge on any atom is -0.371 e. The molecule has 0 aromatic heterocycles. The number of hydrogen-bond acceptors (Lipinski definition) is 2. The van der Waals surface area contributed by atoms with Gasteiger partial charge < -0.3 is 10.2 Å². The molecule has 0 spiro atoms. The van der Waals surface area contributed by atoms with Crippen LogP contribution in [0.25, 0.3) is 0 Å². The minimum atomic E-state index is -0.139. The molecule has 0 saturated heterocycles. The Hall–Kier alpha value is -1.09. The maximum atomic E-state index is 13.6. The first kappa shape index (κ1) is 16.3. The quantitative estimate of drug-likeness (QED) is 0.772. The Labute approximate surface area is 128 Å². The largest absolute Gasteiger partial charge is 0.371 e. The van der Waals surface area contributed by atoms with Gasteiger partial charge in [-0.15, -0.1) is 0 Å². The lowest BCUT2D eigenvalue weighted by Gasteiger charge is -2.30. The summed E-state index contributed by atoms with van der Waals surface area (Å²) in [7, 11) is 0. The molecule has 21 heavy (non-hydrogen) atoms. The molecule has 1 aliphatic rings. The monoisotopic (exact) mass is 292 g/mol. The van der Waals surface area contributed by atoms with E-state index in [1.165, 1.54) is 18.5 Å². The van der Waals surface area contributed by atoms with Crippen molar-refractivity contribution in [2.45, 2.75) is 53.1 Å². The van der Waals surface area contributed by atoms with Crippen LogP contribution < -0.4 is 10.2 Å². The molecule has 0 atom stereocenters. The summed E-state index contributed by atoms with van der Waals surface area (Å²) in [6, 6.07) is 5.87. The normalized spacial score (nSPS) is 15.0. The molecule has 1 aliphatic carbocycles. The van der Waals surface area contributed by atoms with Gasteiger partial charge in [0.15, 0.2) is 0 Å². The van der Waals surface area contributed by atoms with Gasteiger partial charge in [0.05, 0.1) is 0 Å². The number of anilines is 1. The van der Waals surface area contributed by atoms with E-state index in [2.05, 4.69) is 37.9 Å². The molecule has 0 aliphatic heterocycles. The van der Waals surface area contributed by atoms with E-state index in [0.29, 0.717) is 17.9 Å². The van der Waals surface area contributed by atoms with Gasteiger partial charge in [0.2, 0.25) is 0 Å². The Morgan fingerprint density at radius 1 is 1.14 bits per heavy atom. The van der Waals surface area contributed by atoms with Crippen LogP contribution in [0.4, 0.5) is 10.1 Å². The Kier molecular flexibility index (Phi) is 5.63. The highest BCUT2D eigenvalue weighted by Gasteiger charge is 2.21. The fraction of sp³-hybridized carbons (Fsp3) is 0.667. The highest BCUT2D eigenvalue weighted by molar-refractivity contribution is 5.54. The van der Waals surface area contributed by atoms with Crippen molar-refractivity contribution < 1.29 is 4.39 Å². The molecule has 1 aromatic carbocycles. The maximum Gasteiger partial charge on any atom is 0.123 e. The van der Waals surface area contributed by atoms with Crippen molar-refractivity contribution in [2.24, 2.45) is 11.8 Å². The van der Waals surface area contributed by atoms with Crippen molar-refractivity contribution in [3.8, 4) is 0 Å². The number of benzene rings is 1. The molecule has 3 heteroatoms. The summed E-state index contributed by atoms with van der Waals surface area (Å²) in [4.78, 5) is 2.42. The molecule has 0 heterocycles. The number of nitrogens with one attached hydrogen (secondary N) is 1. The van der Waals surface area contributed by atoms with Crippen molar-refractivity contribution >= 4 is 5.69 Å². The Balaban J connectivity index is 2.19. The molecule has 0 unspecified atom stereocenters. The molecule has 118 valence electrons. The zero-order valence-corrected chi connectivity index (χ0v) is 13.8. The molecule has 1 aromatic rings. The fourth-order valence-corrected chi connectivity index (χ4v) is 2.70. The van der Waals surface area contributed by atoms with Gasteiger partial charge in [-0.05, 0) is 48.4 Å². The number of nitrogens with zero attached hydrogens (tertiary/aromatic N) is 1. The molecule has 1 saturated carbocycles. The summed E-state index contributed by atoms with van der Waals surface area (Å²) in [5.41, 5.74) is 2.27. The van der Waals surface area contributed by atoms with Crippen molar-refractivity contribution in [1.29, 1.82) is 0 Å². The van der Waals surface area contributed by atoms with Crippen LogP contribution in [-0.2, 0) is 6.54 Å². The van der Waals surface area contributed by atoms with Crippen LogP contribution in [0.1, 0.15) is 46.1 Å². The average molecular weight is 292 g/mol. The van der Waals surface area contributed by atoms with E-state index < -0.39 is 0 Å². The van der Waals surface area contributed by atoms with Crippen LogP contribution in [0.2, 0.25) is 0 Å². The van der Waals surface area contributed by atoms with Gasteiger partial charge in [-0.3, -0.25) is 0 Å². The highest BCUT2D eigenvalue weighted by atomic mass is 19.1. The average Bonchev–Trinajstić information content (AvgIpc) is 3.18. The maximum absolute atomic E-state index is 13.6. The molecule has 2 rings (SSSR count). The Bertz CT molecular complexity index is 443. The van der Waals surface area contributed by atoms with Crippen molar-refractivity contribution in [3.63, 3.8) is 0 Å².